The van der Waals surface area contributed by atoms with Gasteiger partial charge in [-0.25, -0.2) is 0 Å². The number of rotatable bonds is 6. The SMILES string of the molecule is O=C(CN1CCN(c2ccccc2)CC1)NCC(=O)Nc1ccccc1Br. The van der Waals surface area contributed by atoms with Crippen molar-refractivity contribution < 1.29 is 9.59 Å². The van der Waals surface area contributed by atoms with E-state index < -0.39 is 0 Å². The summed E-state index contributed by atoms with van der Waals surface area (Å²) in [6.45, 7) is 3.70. The van der Waals surface area contributed by atoms with E-state index in [0.717, 1.165) is 30.7 Å². The maximum atomic E-state index is 12.1. The molecule has 0 unspecified atom stereocenters. The highest BCUT2D eigenvalue weighted by Gasteiger charge is 2.19. The van der Waals surface area contributed by atoms with Gasteiger partial charge >= 0.3 is 0 Å². The van der Waals surface area contributed by atoms with Crippen LogP contribution in [0.25, 0.3) is 0 Å². The van der Waals surface area contributed by atoms with Crippen LogP contribution in [0.1, 0.15) is 0 Å². The fourth-order valence-electron chi connectivity index (χ4n) is 3.00. The largest absolute Gasteiger partial charge is 0.369 e. The second-order valence-corrected chi connectivity index (χ2v) is 7.26. The molecule has 2 aromatic rings. The lowest BCUT2D eigenvalue weighted by Crippen LogP contribution is -2.50. The summed E-state index contributed by atoms with van der Waals surface area (Å²) >= 11 is 3.38. The molecule has 3 rings (SSSR count). The third-order valence-electron chi connectivity index (χ3n) is 4.45. The molecule has 1 saturated heterocycles. The Morgan fingerprint density at radius 2 is 1.56 bits per heavy atom. The summed E-state index contributed by atoms with van der Waals surface area (Å²) in [5, 5.41) is 5.46. The van der Waals surface area contributed by atoms with E-state index in [0.29, 0.717) is 12.2 Å². The molecule has 27 heavy (non-hydrogen) atoms. The number of benzene rings is 2. The number of carbonyl (C=O) groups is 2. The Morgan fingerprint density at radius 3 is 2.26 bits per heavy atom. The van der Waals surface area contributed by atoms with Gasteiger partial charge in [-0.1, -0.05) is 30.3 Å². The van der Waals surface area contributed by atoms with Crippen LogP contribution in [0.15, 0.2) is 59.1 Å². The van der Waals surface area contributed by atoms with Crippen LogP contribution in [0.5, 0.6) is 0 Å². The van der Waals surface area contributed by atoms with E-state index in [-0.39, 0.29) is 18.4 Å². The first-order valence-electron chi connectivity index (χ1n) is 8.95. The zero-order valence-electron chi connectivity index (χ0n) is 15.0. The van der Waals surface area contributed by atoms with E-state index in [9.17, 15) is 9.59 Å². The van der Waals surface area contributed by atoms with Gasteiger partial charge in [-0.3, -0.25) is 14.5 Å². The second kappa shape index (κ2) is 9.53. The minimum absolute atomic E-state index is 0.0376. The van der Waals surface area contributed by atoms with Crippen LogP contribution in [-0.4, -0.2) is 56.0 Å². The summed E-state index contributed by atoms with van der Waals surface area (Å²) in [6.07, 6.45) is 0. The van der Waals surface area contributed by atoms with Gasteiger partial charge in [0.15, 0.2) is 0 Å². The molecule has 1 aliphatic rings. The van der Waals surface area contributed by atoms with Gasteiger partial charge in [0.1, 0.15) is 0 Å². The van der Waals surface area contributed by atoms with Crippen LogP contribution >= 0.6 is 15.9 Å². The fourth-order valence-corrected chi connectivity index (χ4v) is 3.38. The van der Waals surface area contributed by atoms with Crippen LogP contribution in [0.2, 0.25) is 0 Å². The van der Waals surface area contributed by atoms with Crippen molar-refractivity contribution in [2.45, 2.75) is 0 Å². The normalized spacial score (nSPS) is 14.6. The Kier molecular flexibility index (Phi) is 6.84. The second-order valence-electron chi connectivity index (χ2n) is 6.40. The molecule has 2 aromatic carbocycles. The molecule has 0 atom stereocenters. The van der Waals surface area contributed by atoms with Gasteiger partial charge in [-0.15, -0.1) is 0 Å². The monoisotopic (exact) mass is 430 g/mol. The third kappa shape index (κ3) is 5.80. The van der Waals surface area contributed by atoms with Crippen molar-refractivity contribution in [3.05, 3.63) is 59.1 Å². The molecular weight excluding hydrogens is 408 g/mol. The van der Waals surface area contributed by atoms with Gasteiger partial charge in [0.2, 0.25) is 11.8 Å². The van der Waals surface area contributed by atoms with Crippen molar-refractivity contribution >= 4 is 39.1 Å². The number of anilines is 2. The molecule has 6 nitrogen and oxygen atoms in total. The summed E-state index contributed by atoms with van der Waals surface area (Å²) in [6, 6.07) is 17.7. The fraction of sp³-hybridized carbons (Fsp3) is 0.300. The van der Waals surface area contributed by atoms with Crippen molar-refractivity contribution in [3.8, 4) is 0 Å². The van der Waals surface area contributed by atoms with Crippen molar-refractivity contribution in [2.24, 2.45) is 0 Å². The molecule has 1 aliphatic heterocycles. The first-order valence-corrected chi connectivity index (χ1v) is 9.74. The van der Waals surface area contributed by atoms with Crippen LogP contribution in [-0.2, 0) is 9.59 Å². The molecule has 0 aromatic heterocycles. The third-order valence-corrected chi connectivity index (χ3v) is 5.15. The molecule has 2 amide bonds. The topological polar surface area (TPSA) is 64.7 Å². The Hall–Kier alpha value is -2.38. The Bertz CT molecular complexity index is 777. The molecule has 0 radical (unpaired) electrons. The predicted octanol–water partition coefficient (Wildman–Crippen LogP) is 2.33. The molecule has 0 spiro atoms. The maximum absolute atomic E-state index is 12.1. The lowest BCUT2D eigenvalue weighted by molar-refractivity contribution is -0.125. The van der Waals surface area contributed by atoms with E-state index in [1.807, 2.05) is 36.4 Å². The van der Waals surface area contributed by atoms with Crippen LogP contribution < -0.4 is 15.5 Å². The number of halogens is 1. The number of nitrogens with zero attached hydrogens (tertiary/aromatic N) is 2. The van der Waals surface area contributed by atoms with Gasteiger partial charge in [0.05, 0.1) is 18.8 Å². The molecular formula is C20H23BrN4O2. The van der Waals surface area contributed by atoms with E-state index in [1.54, 1.807) is 6.07 Å². The van der Waals surface area contributed by atoms with Gasteiger partial charge < -0.3 is 15.5 Å². The quantitative estimate of drug-likeness (QED) is 0.737. The number of nitrogens with one attached hydrogen (secondary N) is 2. The molecule has 0 aliphatic carbocycles. The number of carbonyl (C=O) groups excluding carboxylic acids is 2. The molecule has 7 heteroatoms. The Labute approximate surface area is 167 Å². The number of hydrogen-bond donors (Lipinski definition) is 2. The average Bonchev–Trinajstić information content (AvgIpc) is 2.69. The number of piperazine rings is 1. The highest BCUT2D eigenvalue weighted by Crippen LogP contribution is 2.20. The zero-order chi connectivity index (χ0) is 19.1. The number of amides is 2. The van der Waals surface area contributed by atoms with Crippen LogP contribution in [0, 0.1) is 0 Å². The first-order chi connectivity index (χ1) is 13.1. The molecule has 1 heterocycles. The maximum Gasteiger partial charge on any atom is 0.243 e. The summed E-state index contributed by atoms with van der Waals surface area (Å²) in [5.74, 6) is -0.380. The molecule has 0 bridgehead atoms. The van der Waals surface area contributed by atoms with Gasteiger partial charge in [-0.2, -0.15) is 0 Å². The Morgan fingerprint density at radius 1 is 0.889 bits per heavy atom. The van der Waals surface area contributed by atoms with Gasteiger partial charge in [0.25, 0.3) is 0 Å². The van der Waals surface area contributed by atoms with Crippen molar-refractivity contribution in [1.29, 1.82) is 0 Å². The predicted molar refractivity (Wildman–Crippen MR) is 111 cm³/mol. The highest BCUT2D eigenvalue weighted by atomic mass is 79.9. The minimum atomic E-state index is -0.246. The van der Waals surface area contributed by atoms with E-state index in [1.165, 1.54) is 5.69 Å². The zero-order valence-corrected chi connectivity index (χ0v) is 16.6. The van der Waals surface area contributed by atoms with Crippen molar-refractivity contribution in [2.75, 3.05) is 49.5 Å². The standard InChI is InChI=1S/C20H23BrN4O2/c21-17-8-4-5-9-18(17)23-19(26)14-22-20(27)15-24-10-12-25(13-11-24)16-6-2-1-3-7-16/h1-9H,10-15H2,(H,22,27)(H,23,26). The van der Waals surface area contributed by atoms with E-state index in [2.05, 4.69) is 48.5 Å². The summed E-state index contributed by atoms with van der Waals surface area (Å²) in [4.78, 5) is 28.6. The molecule has 142 valence electrons. The van der Waals surface area contributed by atoms with Crippen LogP contribution in [0.4, 0.5) is 11.4 Å². The van der Waals surface area contributed by atoms with Gasteiger partial charge in [0, 0.05) is 36.3 Å². The molecule has 0 saturated carbocycles. The lowest BCUT2D eigenvalue weighted by atomic mass is 10.2. The average molecular weight is 431 g/mol. The van der Waals surface area contributed by atoms with E-state index in [4.69, 9.17) is 0 Å². The number of hydrogen-bond acceptors (Lipinski definition) is 4. The van der Waals surface area contributed by atoms with Crippen LogP contribution in [0.3, 0.4) is 0 Å². The molecule has 1 fully saturated rings. The summed E-state index contributed by atoms with van der Waals surface area (Å²) < 4.78 is 0.806. The van der Waals surface area contributed by atoms with Crippen molar-refractivity contribution in [3.63, 3.8) is 0 Å². The smallest absolute Gasteiger partial charge is 0.243 e. The lowest BCUT2D eigenvalue weighted by Gasteiger charge is -2.35. The molecule has 2 N–H and O–H groups in total. The minimum Gasteiger partial charge on any atom is -0.369 e. The summed E-state index contributed by atoms with van der Waals surface area (Å²) in [7, 11) is 0. The van der Waals surface area contributed by atoms with Gasteiger partial charge in [-0.05, 0) is 40.2 Å². The summed E-state index contributed by atoms with van der Waals surface area (Å²) in [5.41, 5.74) is 1.90. The van der Waals surface area contributed by atoms with E-state index >= 15 is 0 Å². The first kappa shape index (κ1) is 19.4. The number of para-hydroxylation sites is 2. The Balaban J connectivity index is 1.37. The van der Waals surface area contributed by atoms with Crippen molar-refractivity contribution in [1.82, 2.24) is 10.2 Å². The highest BCUT2D eigenvalue weighted by molar-refractivity contribution is 9.10.